The topological polar surface area (TPSA) is 67.8 Å². The summed E-state index contributed by atoms with van der Waals surface area (Å²) in [4.78, 5) is 11.1. The lowest BCUT2D eigenvalue weighted by molar-refractivity contribution is -0.142. The number of rotatable bonds is 5. The van der Waals surface area contributed by atoms with Gasteiger partial charge >= 0.3 is 5.97 Å². The van der Waals surface area contributed by atoms with Crippen LogP contribution in [-0.4, -0.2) is 24.4 Å². The Labute approximate surface area is 106 Å². The number of carbonyl (C=O) groups is 1. The number of anilines is 1. The second kappa shape index (κ2) is 5.16. The highest BCUT2D eigenvalue weighted by atomic mass is 16.7. The molecule has 0 spiro atoms. The van der Waals surface area contributed by atoms with E-state index >= 15 is 0 Å². The maximum atomic E-state index is 11.1. The third-order valence-electron chi connectivity index (χ3n) is 3.02. The van der Waals surface area contributed by atoms with E-state index in [1.54, 1.807) is 0 Å². The molecular formula is C13H17NO4. The Morgan fingerprint density at radius 1 is 1.39 bits per heavy atom. The van der Waals surface area contributed by atoms with E-state index < -0.39 is 11.9 Å². The first-order valence-corrected chi connectivity index (χ1v) is 5.94. The van der Waals surface area contributed by atoms with Crippen molar-refractivity contribution >= 4 is 11.7 Å². The zero-order chi connectivity index (χ0) is 13.1. The molecule has 98 valence electrons. The summed E-state index contributed by atoms with van der Waals surface area (Å²) in [5.41, 5.74) is 0.839. The van der Waals surface area contributed by atoms with Gasteiger partial charge in [0.1, 0.15) is 0 Å². The van der Waals surface area contributed by atoms with Crippen molar-refractivity contribution in [3.05, 3.63) is 18.2 Å². The fourth-order valence-corrected chi connectivity index (χ4v) is 1.84. The highest BCUT2D eigenvalue weighted by Gasteiger charge is 2.21. The summed E-state index contributed by atoms with van der Waals surface area (Å²) in [5.74, 6) is 0.313. The van der Waals surface area contributed by atoms with Gasteiger partial charge in [0.25, 0.3) is 0 Å². The van der Waals surface area contributed by atoms with Gasteiger partial charge in [0, 0.05) is 18.3 Å². The Morgan fingerprint density at radius 3 is 2.78 bits per heavy atom. The fourth-order valence-electron chi connectivity index (χ4n) is 1.84. The van der Waals surface area contributed by atoms with Crippen LogP contribution in [0.15, 0.2) is 18.2 Å². The number of carboxylic acids is 1. The average molecular weight is 251 g/mol. The standard InChI is InChI=1S/C13H17NO4/c1-8(2)10(13(15)16)6-14-9-3-4-11-12(5-9)18-7-17-11/h3-5,8,10,14H,6-7H2,1-2H3,(H,15,16). The highest BCUT2D eigenvalue weighted by Crippen LogP contribution is 2.34. The minimum Gasteiger partial charge on any atom is -0.481 e. The number of nitrogens with one attached hydrogen (secondary N) is 1. The zero-order valence-electron chi connectivity index (χ0n) is 10.5. The second-order valence-electron chi connectivity index (χ2n) is 4.64. The molecule has 0 fully saturated rings. The van der Waals surface area contributed by atoms with Crippen molar-refractivity contribution in [1.29, 1.82) is 0 Å². The summed E-state index contributed by atoms with van der Waals surface area (Å²) in [6, 6.07) is 5.49. The van der Waals surface area contributed by atoms with Gasteiger partial charge in [-0.25, -0.2) is 0 Å². The van der Waals surface area contributed by atoms with Gasteiger partial charge in [-0.3, -0.25) is 4.79 Å². The van der Waals surface area contributed by atoms with Gasteiger partial charge in [0.05, 0.1) is 5.92 Å². The van der Waals surface area contributed by atoms with Crippen LogP contribution in [0.25, 0.3) is 0 Å². The third kappa shape index (κ3) is 2.67. The van der Waals surface area contributed by atoms with Crippen LogP contribution in [0.1, 0.15) is 13.8 Å². The van der Waals surface area contributed by atoms with Crippen LogP contribution >= 0.6 is 0 Å². The van der Waals surface area contributed by atoms with E-state index in [9.17, 15) is 4.79 Å². The molecular weight excluding hydrogens is 234 g/mol. The van der Waals surface area contributed by atoms with Crippen molar-refractivity contribution in [2.75, 3.05) is 18.7 Å². The molecule has 0 saturated heterocycles. The lowest BCUT2D eigenvalue weighted by Gasteiger charge is -2.17. The molecule has 2 rings (SSSR count). The predicted octanol–water partition coefficient (Wildman–Crippen LogP) is 2.18. The van der Waals surface area contributed by atoms with E-state index in [0.717, 1.165) is 11.4 Å². The van der Waals surface area contributed by atoms with Gasteiger partial charge in [-0.1, -0.05) is 13.8 Å². The Morgan fingerprint density at radius 2 is 2.11 bits per heavy atom. The minimum atomic E-state index is -0.779. The molecule has 1 atom stereocenters. The first-order chi connectivity index (χ1) is 8.58. The summed E-state index contributed by atoms with van der Waals surface area (Å²) >= 11 is 0. The molecule has 2 N–H and O–H groups in total. The smallest absolute Gasteiger partial charge is 0.308 e. The molecule has 0 radical (unpaired) electrons. The predicted molar refractivity (Wildman–Crippen MR) is 67.0 cm³/mol. The molecule has 5 heteroatoms. The first kappa shape index (κ1) is 12.5. The average Bonchev–Trinajstić information content (AvgIpc) is 2.75. The van der Waals surface area contributed by atoms with Crippen LogP contribution in [0.3, 0.4) is 0 Å². The van der Waals surface area contributed by atoms with Crippen LogP contribution in [-0.2, 0) is 4.79 Å². The van der Waals surface area contributed by atoms with Gasteiger partial charge < -0.3 is 19.9 Å². The quantitative estimate of drug-likeness (QED) is 0.839. The van der Waals surface area contributed by atoms with E-state index in [4.69, 9.17) is 14.6 Å². The summed E-state index contributed by atoms with van der Waals surface area (Å²) in [5, 5.41) is 12.2. The van der Waals surface area contributed by atoms with Gasteiger partial charge in [-0.05, 0) is 18.1 Å². The molecule has 0 aliphatic carbocycles. The zero-order valence-corrected chi connectivity index (χ0v) is 10.5. The molecule has 1 heterocycles. The molecule has 0 saturated carbocycles. The molecule has 18 heavy (non-hydrogen) atoms. The Hall–Kier alpha value is -1.91. The maximum Gasteiger partial charge on any atom is 0.308 e. The molecule has 1 aromatic carbocycles. The van der Waals surface area contributed by atoms with Gasteiger partial charge in [0.15, 0.2) is 11.5 Å². The number of fused-ring (bicyclic) bond motifs is 1. The molecule has 0 bridgehead atoms. The summed E-state index contributed by atoms with van der Waals surface area (Å²) in [6.45, 7) is 4.44. The van der Waals surface area contributed by atoms with Crippen molar-refractivity contribution in [3.63, 3.8) is 0 Å². The Balaban J connectivity index is 1.99. The molecule has 1 aliphatic rings. The maximum absolute atomic E-state index is 11.1. The monoisotopic (exact) mass is 251 g/mol. The van der Waals surface area contributed by atoms with Gasteiger partial charge in [0.2, 0.25) is 6.79 Å². The molecule has 0 amide bonds. The van der Waals surface area contributed by atoms with Crippen molar-refractivity contribution in [3.8, 4) is 11.5 Å². The van der Waals surface area contributed by atoms with Crippen molar-refractivity contribution in [1.82, 2.24) is 0 Å². The second-order valence-corrected chi connectivity index (χ2v) is 4.64. The van der Waals surface area contributed by atoms with Crippen LogP contribution < -0.4 is 14.8 Å². The lowest BCUT2D eigenvalue weighted by Crippen LogP contribution is -2.27. The van der Waals surface area contributed by atoms with E-state index in [0.29, 0.717) is 12.3 Å². The number of hydrogen-bond acceptors (Lipinski definition) is 4. The van der Waals surface area contributed by atoms with Crippen LogP contribution in [0.2, 0.25) is 0 Å². The van der Waals surface area contributed by atoms with Crippen LogP contribution in [0, 0.1) is 11.8 Å². The normalized spacial score (nSPS) is 14.6. The van der Waals surface area contributed by atoms with E-state index in [1.165, 1.54) is 0 Å². The molecule has 0 aromatic heterocycles. The van der Waals surface area contributed by atoms with E-state index in [2.05, 4.69) is 5.32 Å². The first-order valence-electron chi connectivity index (χ1n) is 5.94. The lowest BCUT2D eigenvalue weighted by atomic mass is 9.96. The third-order valence-corrected chi connectivity index (χ3v) is 3.02. The number of ether oxygens (including phenoxy) is 2. The summed E-state index contributed by atoms with van der Waals surface area (Å²) < 4.78 is 10.5. The fraction of sp³-hybridized carbons (Fsp3) is 0.462. The molecule has 1 aliphatic heterocycles. The SMILES string of the molecule is CC(C)C(CNc1ccc2c(c1)OCO2)C(=O)O. The number of carboxylic acid groups (broad SMARTS) is 1. The number of aliphatic carboxylic acids is 1. The van der Waals surface area contributed by atoms with Crippen LogP contribution in [0.5, 0.6) is 11.5 Å². The highest BCUT2D eigenvalue weighted by molar-refractivity contribution is 5.71. The van der Waals surface area contributed by atoms with Crippen molar-refractivity contribution in [2.45, 2.75) is 13.8 Å². The summed E-state index contributed by atoms with van der Waals surface area (Å²) in [6.07, 6.45) is 0. The van der Waals surface area contributed by atoms with Crippen LogP contribution in [0.4, 0.5) is 5.69 Å². The molecule has 1 unspecified atom stereocenters. The van der Waals surface area contributed by atoms with Gasteiger partial charge in [-0.2, -0.15) is 0 Å². The Bertz CT molecular complexity index is 445. The minimum absolute atomic E-state index is 0.0870. The van der Waals surface area contributed by atoms with Gasteiger partial charge in [-0.15, -0.1) is 0 Å². The largest absolute Gasteiger partial charge is 0.481 e. The Kier molecular flexibility index (Phi) is 3.60. The number of benzene rings is 1. The van der Waals surface area contributed by atoms with E-state index in [-0.39, 0.29) is 12.7 Å². The van der Waals surface area contributed by atoms with E-state index in [1.807, 2.05) is 32.0 Å². The van der Waals surface area contributed by atoms with Crippen molar-refractivity contribution < 1.29 is 19.4 Å². The molecule has 1 aromatic rings. The summed E-state index contributed by atoms with van der Waals surface area (Å²) in [7, 11) is 0. The number of hydrogen-bond donors (Lipinski definition) is 2. The molecule has 5 nitrogen and oxygen atoms in total. The van der Waals surface area contributed by atoms with Crippen molar-refractivity contribution in [2.24, 2.45) is 11.8 Å².